The van der Waals surface area contributed by atoms with Gasteiger partial charge in [-0.3, -0.25) is 9.80 Å². The van der Waals surface area contributed by atoms with E-state index in [0.717, 1.165) is 53.0 Å². The predicted molar refractivity (Wildman–Crippen MR) is 239 cm³/mol. The molecule has 56 heavy (non-hydrogen) atoms. The van der Waals surface area contributed by atoms with Crippen LogP contribution in [0.3, 0.4) is 0 Å². The van der Waals surface area contributed by atoms with Gasteiger partial charge in [-0.2, -0.15) is 0 Å². The third-order valence-electron chi connectivity index (χ3n) is 10.4. The van der Waals surface area contributed by atoms with E-state index in [1.807, 2.05) is 0 Å². The molecule has 5 aromatic rings. The van der Waals surface area contributed by atoms with E-state index in [9.17, 15) is 0 Å². The number of hydrogen-bond acceptors (Lipinski definition) is 3. The molecule has 1 saturated heterocycles. The Bertz CT molecular complexity index is 1770. The standard InChI is InChI=1S/C43H48N2O.C6H18NSi2.Zn/c1-3-4-27-45-28-17-26-40(45)33-44(31-35-18-9-5-10-19-35)32-36-29-34(2)30-41(42(36)46)43(37-20-11-6-12-21-37,38-22-13-7-14-23-38)39-24-15-8-16-25-39;1-8(2,3)7-9(4,5)6;/h5-16,18-25,29-30,40,46H,3-4,17,26-28,31-33H2,1-2H3;1-6H3;/q;-1;+2/p-1/t40-;;/m0../s1. The summed E-state index contributed by atoms with van der Waals surface area (Å²) in [5.41, 5.74) is 6.62. The molecule has 1 aliphatic rings. The zero-order valence-electron chi connectivity index (χ0n) is 35.6. The Morgan fingerprint density at radius 3 is 1.64 bits per heavy atom. The normalized spacial score (nSPS) is 14.9. The second-order valence-electron chi connectivity index (χ2n) is 17.4. The summed E-state index contributed by atoms with van der Waals surface area (Å²) in [7, 11) is -2.21. The minimum Gasteiger partial charge on any atom is -0.872 e. The molecule has 0 radical (unpaired) electrons. The van der Waals surface area contributed by atoms with Crippen molar-refractivity contribution in [1.82, 2.24) is 9.80 Å². The minimum absolute atomic E-state index is 0. The van der Waals surface area contributed by atoms with Gasteiger partial charge in [0, 0.05) is 25.7 Å². The fourth-order valence-corrected chi connectivity index (χ4v) is 16.7. The van der Waals surface area contributed by atoms with Gasteiger partial charge in [-0.15, -0.1) is 0 Å². The fourth-order valence-electron chi connectivity index (χ4n) is 8.60. The van der Waals surface area contributed by atoms with Crippen LogP contribution in [0.4, 0.5) is 0 Å². The van der Waals surface area contributed by atoms with Crippen molar-refractivity contribution < 1.29 is 24.6 Å². The van der Waals surface area contributed by atoms with E-state index >= 15 is 5.11 Å². The Morgan fingerprint density at radius 1 is 0.714 bits per heavy atom. The zero-order chi connectivity index (χ0) is 39.5. The third-order valence-corrected chi connectivity index (χ3v) is 15.8. The van der Waals surface area contributed by atoms with Gasteiger partial charge in [-0.05, 0) is 72.7 Å². The van der Waals surface area contributed by atoms with Crippen LogP contribution in [0.5, 0.6) is 5.75 Å². The van der Waals surface area contributed by atoms with Crippen LogP contribution in [-0.4, -0.2) is 51.9 Å². The Labute approximate surface area is 354 Å². The van der Waals surface area contributed by atoms with Gasteiger partial charge in [0.15, 0.2) is 0 Å². The van der Waals surface area contributed by atoms with Crippen LogP contribution in [0.15, 0.2) is 133 Å². The average molecular weight is 834 g/mol. The number of rotatable bonds is 15. The van der Waals surface area contributed by atoms with Crippen LogP contribution in [0.2, 0.25) is 39.3 Å². The van der Waals surface area contributed by atoms with E-state index in [-0.39, 0.29) is 25.2 Å². The first kappa shape index (κ1) is 45.5. The molecule has 0 spiro atoms. The van der Waals surface area contributed by atoms with Gasteiger partial charge >= 0.3 is 19.5 Å². The molecule has 1 heterocycles. The van der Waals surface area contributed by atoms with Gasteiger partial charge in [-0.25, -0.2) is 0 Å². The molecule has 7 heteroatoms. The molecule has 5 aromatic carbocycles. The van der Waals surface area contributed by atoms with E-state index in [0.29, 0.717) is 12.6 Å². The van der Waals surface area contributed by atoms with Crippen LogP contribution in [0, 0.1) is 6.92 Å². The summed E-state index contributed by atoms with van der Waals surface area (Å²) in [6.07, 6.45) is 4.93. The molecular formula is C49H65N3OSi2Zn. The summed E-state index contributed by atoms with van der Waals surface area (Å²) >= 11 is 0. The second-order valence-corrected chi connectivity index (χ2v) is 27.0. The van der Waals surface area contributed by atoms with Gasteiger partial charge in [0.05, 0.1) is 5.41 Å². The summed E-state index contributed by atoms with van der Waals surface area (Å²) in [5.74, 6) is 0.134. The van der Waals surface area contributed by atoms with Gasteiger partial charge in [-0.1, -0.05) is 214 Å². The summed E-state index contributed by atoms with van der Waals surface area (Å²) in [4.78, 5) is 5.21. The van der Waals surface area contributed by atoms with Crippen molar-refractivity contribution >= 4 is 16.5 Å². The van der Waals surface area contributed by atoms with Crippen molar-refractivity contribution in [3.8, 4) is 5.75 Å². The molecule has 1 atom stereocenters. The van der Waals surface area contributed by atoms with Gasteiger partial charge < -0.3 is 9.75 Å². The Balaban J connectivity index is 0.000000622. The van der Waals surface area contributed by atoms with Crippen LogP contribution in [-0.2, 0) is 38.0 Å². The summed E-state index contributed by atoms with van der Waals surface area (Å²) < 4.78 is 4.82. The van der Waals surface area contributed by atoms with Gasteiger partial charge in [0.2, 0.25) is 0 Å². The quantitative estimate of drug-likeness (QED) is 0.0779. The number of aryl methyl sites for hydroxylation is 1. The number of likely N-dealkylation sites (tertiary alicyclic amines) is 1. The fraction of sp³-hybridized carbons (Fsp3) is 0.388. The van der Waals surface area contributed by atoms with Crippen molar-refractivity contribution in [2.24, 2.45) is 0 Å². The summed E-state index contributed by atoms with van der Waals surface area (Å²) in [5, 5.41) is 15.1. The van der Waals surface area contributed by atoms with Crippen LogP contribution in [0.25, 0.3) is 4.65 Å². The van der Waals surface area contributed by atoms with Gasteiger partial charge in [0.1, 0.15) is 0 Å². The molecule has 1 fully saturated rings. The molecule has 0 aromatic heterocycles. The number of benzene rings is 5. The van der Waals surface area contributed by atoms with Crippen LogP contribution in [0.1, 0.15) is 71.6 Å². The van der Waals surface area contributed by atoms with E-state index in [4.69, 9.17) is 4.65 Å². The smallest absolute Gasteiger partial charge is 0.872 e. The van der Waals surface area contributed by atoms with E-state index in [1.54, 1.807) is 0 Å². The molecule has 4 nitrogen and oxygen atoms in total. The predicted octanol–water partition coefficient (Wildman–Crippen LogP) is 11.7. The number of nitrogens with zero attached hydrogens (tertiary/aromatic N) is 3. The molecule has 0 bridgehead atoms. The molecule has 0 aliphatic carbocycles. The maximum Gasteiger partial charge on any atom is 2.00 e. The van der Waals surface area contributed by atoms with E-state index in [2.05, 4.69) is 196 Å². The third kappa shape index (κ3) is 12.4. The first-order valence-corrected chi connectivity index (χ1v) is 27.4. The summed E-state index contributed by atoms with van der Waals surface area (Å²) in [6.45, 7) is 22.9. The molecule has 0 unspecified atom stereocenters. The zero-order valence-corrected chi connectivity index (χ0v) is 40.6. The van der Waals surface area contributed by atoms with Crippen molar-refractivity contribution in [3.63, 3.8) is 0 Å². The molecule has 1 aliphatic heterocycles. The van der Waals surface area contributed by atoms with Crippen molar-refractivity contribution in [1.29, 1.82) is 0 Å². The average Bonchev–Trinajstić information content (AvgIpc) is 3.60. The maximum atomic E-state index is 15.1. The Kier molecular flexibility index (Phi) is 17.1. The van der Waals surface area contributed by atoms with Crippen LogP contribution >= 0.6 is 0 Å². The van der Waals surface area contributed by atoms with E-state index in [1.165, 1.54) is 37.8 Å². The Hall–Kier alpha value is -3.16. The van der Waals surface area contributed by atoms with Gasteiger partial charge in [0.25, 0.3) is 0 Å². The van der Waals surface area contributed by atoms with Crippen molar-refractivity contribution in [2.75, 3.05) is 19.6 Å². The molecular weight excluding hydrogens is 768 g/mol. The second kappa shape index (κ2) is 21.0. The topological polar surface area (TPSA) is 43.6 Å². The van der Waals surface area contributed by atoms with Crippen molar-refractivity contribution in [3.05, 3.63) is 177 Å². The molecule has 0 amide bonds. The minimum atomic E-state index is -1.11. The first-order valence-electron chi connectivity index (χ1n) is 20.5. The number of unbranched alkanes of at least 4 members (excludes halogenated alkanes) is 1. The monoisotopic (exact) mass is 831 g/mol. The SMILES string of the molecule is CCCCN1CCC[C@H]1CN(Cc1ccccc1)Cc1cc(C)cc(C(c2ccccc2)(c2ccccc2)c2ccccc2)c1[O-].C[Si](C)(C)[N-][Si](C)(C)C.[Zn+2]. The maximum absolute atomic E-state index is 15.1. The Morgan fingerprint density at radius 2 is 1.20 bits per heavy atom. The molecule has 0 N–H and O–H groups in total. The van der Waals surface area contributed by atoms with E-state index < -0.39 is 21.9 Å². The van der Waals surface area contributed by atoms with Crippen LogP contribution < -0.4 is 5.11 Å². The summed E-state index contributed by atoms with van der Waals surface area (Å²) in [6, 6.07) is 47.3. The molecule has 292 valence electrons. The van der Waals surface area contributed by atoms with Crippen molar-refractivity contribution in [2.45, 2.75) is 103 Å². The molecule has 6 rings (SSSR count). The number of hydrogen-bond donors (Lipinski definition) is 0. The first-order chi connectivity index (χ1) is 26.3. The molecule has 0 saturated carbocycles. The largest absolute Gasteiger partial charge is 2.00 e.